The van der Waals surface area contributed by atoms with Gasteiger partial charge in [0.25, 0.3) is 5.56 Å². The average molecular weight is 404 g/mol. The number of thiophene rings is 1. The summed E-state index contributed by atoms with van der Waals surface area (Å²) in [6.45, 7) is 2.37. The van der Waals surface area contributed by atoms with Crippen molar-refractivity contribution >= 4 is 27.3 Å². The second-order valence-corrected chi connectivity index (χ2v) is 8.18. The van der Waals surface area contributed by atoms with Crippen LogP contribution in [0.15, 0.2) is 39.4 Å². The SMILES string of the molecule is O=c1[nH]c(-c2cncnc2)nc2c1CN(Cc1ccc(Br)s1)CC2. The van der Waals surface area contributed by atoms with Gasteiger partial charge in [0.05, 0.1) is 20.6 Å². The van der Waals surface area contributed by atoms with Crippen LogP contribution in [0.25, 0.3) is 11.4 Å². The molecule has 0 fully saturated rings. The van der Waals surface area contributed by atoms with Crippen molar-refractivity contribution in [1.29, 1.82) is 0 Å². The number of fused-ring (bicyclic) bond motifs is 1. The van der Waals surface area contributed by atoms with Crippen molar-refractivity contribution in [3.63, 3.8) is 0 Å². The van der Waals surface area contributed by atoms with Gasteiger partial charge >= 0.3 is 0 Å². The van der Waals surface area contributed by atoms with Crippen molar-refractivity contribution < 1.29 is 0 Å². The molecule has 4 rings (SSSR count). The summed E-state index contributed by atoms with van der Waals surface area (Å²) in [7, 11) is 0. The Labute approximate surface area is 150 Å². The highest BCUT2D eigenvalue weighted by molar-refractivity contribution is 9.11. The zero-order valence-electron chi connectivity index (χ0n) is 12.7. The minimum atomic E-state index is -0.0732. The van der Waals surface area contributed by atoms with E-state index in [-0.39, 0.29) is 5.56 Å². The summed E-state index contributed by atoms with van der Waals surface area (Å²) in [4.78, 5) is 31.5. The maximum atomic E-state index is 12.5. The average Bonchev–Trinajstić information content (AvgIpc) is 3.01. The van der Waals surface area contributed by atoms with Crippen LogP contribution in [0.4, 0.5) is 0 Å². The van der Waals surface area contributed by atoms with Gasteiger partial charge in [-0.2, -0.15) is 0 Å². The van der Waals surface area contributed by atoms with Crippen molar-refractivity contribution in [2.45, 2.75) is 19.5 Å². The number of hydrogen-bond acceptors (Lipinski definition) is 6. The number of aromatic amines is 1. The summed E-state index contributed by atoms with van der Waals surface area (Å²) in [6.07, 6.45) is 5.54. The van der Waals surface area contributed by atoms with E-state index < -0.39 is 0 Å². The van der Waals surface area contributed by atoms with Crippen molar-refractivity contribution in [3.8, 4) is 11.4 Å². The van der Waals surface area contributed by atoms with Gasteiger partial charge in [-0.05, 0) is 28.1 Å². The zero-order valence-corrected chi connectivity index (χ0v) is 15.1. The van der Waals surface area contributed by atoms with Gasteiger partial charge in [-0.3, -0.25) is 9.69 Å². The Morgan fingerprint density at radius 2 is 2.12 bits per heavy atom. The molecule has 0 amide bonds. The van der Waals surface area contributed by atoms with Crippen LogP contribution < -0.4 is 5.56 Å². The van der Waals surface area contributed by atoms with E-state index in [1.54, 1.807) is 23.7 Å². The first kappa shape index (κ1) is 15.6. The van der Waals surface area contributed by atoms with Gasteiger partial charge in [0.2, 0.25) is 0 Å². The van der Waals surface area contributed by atoms with E-state index in [1.165, 1.54) is 11.2 Å². The standard InChI is InChI=1S/C16H14BrN5OS/c17-14-2-1-11(24-14)7-22-4-3-13-12(8-22)16(23)21-15(20-13)10-5-18-9-19-6-10/h1-2,5-6,9H,3-4,7-8H2,(H,20,21,23). The molecule has 0 radical (unpaired) electrons. The highest BCUT2D eigenvalue weighted by Crippen LogP contribution is 2.25. The van der Waals surface area contributed by atoms with Gasteiger partial charge in [-0.25, -0.2) is 15.0 Å². The lowest BCUT2D eigenvalue weighted by atomic mass is 10.1. The summed E-state index contributed by atoms with van der Waals surface area (Å²) >= 11 is 5.22. The van der Waals surface area contributed by atoms with E-state index in [4.69, 9.17) is 0 Å². The number of H-pyrrole nitrogens is 1. The number of rotatable bonds is 3. The van der Waals surface area contributed by atoms with Crippen LogP contribution in [0.2, 0.25) is 0 Å². The van der Waals surface area contributed by atoms with Crippen molar-refractivity contribution in [2.24, 2.45) is 0 Å². The predicted molar refractivity (Wildman–Crippen MR) is 95.7 cm³/mol. The Balaban J connectivity index is 1.59. The molecule has 0 aliphatic carbocycles. The highest BCUT2D eigenvalue weighted by Gasteiger charge is 2.22. The third-order valence-corrected chi connectivity index (χ3v) is 5.60. The molecule has 0 saturated heterocycles. The molecule has 0 saturated carbocycles. The van der Waals surface area contributed by atoms with Gasteiger partial charge in [0.1, 0.15) is 12.2 Å². The lowest BCUT2D eigenvalue weighted by Gasteiger charge is -2.27. The molecule has 3 aromatic rings. The molecule has 8 heteroatoms. The molecule has 6 nitrogen and oxygen atoms in total. The number of nitrogens with zero attached hydrogens (tertiary/aromatic N) is 4. The van der Waals surface area contributed by atoms with E-state index in [0.29, 0.717) is 12.4 Å². The summed E-state index contributed by atoms with van der Waals surface area (Å²) in [5, 5.41) is 0. The minimum Gasteiger partial charge on any atom is -0.306 e. The molecule has 4 heterocycles. The van der Waals surface area contributed by atoms with Crippen molar-refractivity contribution in [3.05, 3.63) is 61.1 Å². The van der Waals surface area contributed by atoms with E-state index >= 15 is 0 Å². The van der Waals surface area contributed by atoms with Crippen LogP contribution in [-0.4, -0.2) is 31.4 Å². The summed E-state index contributed by atoms with van der Waals surface area (Å²) in [6, 6.07) is 4.17. The fourth-order valence-electron chi connectivity index (χ4n) is 2.83. The van der Waals surface area contributed by atoms with E-state index in [2.05, 4.69) is 52.9 Å². The Morgan fingerprint density at radius 1 is 1.29 bits per heavy atom. The molecule has 0 spiro atoms. The molecule has 3 aromatic heterocycles. The van der Waals surface area contributed by atoms with Crippen LogP contribution in [0.5, 0.6) is 0 Å². The van der Waals surface area contributed by atoms with E-state index in [0.717, 1.165) is 40.1 Å². The zero-order chi connectivity index (χ0) is 16.5. The Morgan fingerprint density at radius 3 is 2.88 bits per heavy atom. The fourth-order valence-corrected chi connectivity index (χ4v) is 4.36. The smallest absolute Gasteiger partial charge is 0.255 e. The Kier molecular flexibility index (Phi) is 4.26. The number of nitrogens with one attached hydrogen (secondary N) is 1. The lowest BCUT2D eigenvalue weighted by Crippen LogP contribution is -2.35. The molecule has 122 valence electrons. The first-order valence-electron chi connectivity index (χ1n) is 7.53. The third kappa shape index (κ3) is 3.17. The van der Waals surface area contributed by atoms with Crippen LogP contribution in [-0.2, 0) is 19.5 Å². The van der Waals surface area contributed by atoms with Crippen molar-refractivity contribution in [1.82, 2.24) is 24.8 Å². The molecule has 24 heavy (non-hydrogen) atoms. The second kappa shape index (κ2) is 6.54. The summed E-state index contributed by atoms with van der Waals surface area (Å²) in [5.74, 6) is 0.537. The molecule has 0 unspecified atom stereocenters. The number of halogens is 1. The number of aromatic nitrogens is 4. The van der Waals surface area contributed by atoms with Crippen LogP contribution >= 0.6 is 27.3 Å². The maximum Gasteiger partial charge on any atom is 0.255 e. The van der Waals surface area contributed by atoms with Crippen LogP contribution in [0.1, 0.15) is 16.1 Å². The monoisotopic (exact) mass is 403 g/mol. The van der Waals surface area contributed by atoms with Crippen LogP contribution in [0.3, 0.4) is 0 Å². The van der Waals surface area contributed by atoms with Gasteiger partial charge in [-0.15, -0.1) is 11.3 Å². The molecule has 1 aliphatic rings. The minimum absolute atomic E-state index is 0.0732. The van der Waals surface area contributed by atoms with Crippen molar-refractivity contribution in [2.75, 3.05) is 6.54 Å². The summed E-state index contributed by atoms with van der Waals surface area (Å²) in [5.41, 5.74) is 2.29. The lowest BCUT2D eigenvalue weighted by molar-refractivity contribution is 0.244. The molecule has 1 N–H and O–H groups in total. The van der Waals surface area contributed by atoms with Gasteiger partial charge in [0, 0.05) is 43.3 Å². The molecule has 0 aromatic carbocycles. The van der Waals surface area contributed by atoms with Gasteiger partial charge in [0.15, 0.2) is 0 Å². The fraction of sp³-hybridized carbons (Fsp3) is 0.250. The largest absolute Gasteiger partial charge is 0.306 e. The van der Waals surface area contributed by atoms with E-state index in [9.17, 15) is 4.79 Å². The predicted octanol–water partition coefficient (Wildman–Crippen LogP) is 2.61. The van der Waals surface area contributed by atoms with Gasteiger partial charge in [-0.1, -0.05) is 0 Å². The Hall–Kier alpha value is -1.90. The molecular weight excluding hydrogens is 390 g/mol. The molecular formula is C16H14BrN5OS. The summed E-state index contributed by atoms with van der Waals surface area (Å²) < 4.78 is 1.13. The molecule has 0 bridgehead atoms. The Bertz CT molecular complexity index is 924. The number of hydrogen-bond donors (Lipinski definition) is 1. The highest BCUT2D eigenvalue weighted by atomic mass is 79.9. The maximum absolute atomic E-state index is 12.5. The first-order valence-corrected chi connectivity index (χ1v) is 9.14. The molecule has 1 aliphatic heterocycles. The van der Waals surface area contributed by atoms with E-state index in [1.807, 2.05) is 0 Å². The van der Waals surface area contributed by atoms with Crippen LogP contribution in [0, 0.1) is 0 Å². The topological polar surface area (TPSA) is 74.8 Å². The third-order valence-electron chi connectivity index (χ3n) is 3.99. The molecule has 0 atom stereocenters. The normalized spacial score (nSPS) is 14.5. The first-order chi connectivity index (χ1) is 11.7. The second-order valence-electron chi connectivity index (χ2n) is 5.63. The van der Waals surface area contributed by atoms with Gasteiger partial charge < -0.3 is 4.98 Å². The quantitative estimate of drug-likeness (QED) is 0.727.